The number of hydrogen-bond acceptors (Lipinski definition) is 1. The van der Waals surface area contributed by atoms with E-state index >= 15 is 0 Å². The lowest BCUT2D eigenvalue weighted by molar-refractivity contribution is 0.106. The Balaban J connectivity index is 2.89. The number of Topliss-reactive ketones (excluding diaryl/α,β-unsaturated/α-hetero) is 1. The average Bonchev–Trinajstić information content (AvgIpc) is 2.30. The van der Waals surface area contributed by atoms with Crippen LogP contribution in [-0.4, -0.2) is 23.2 Å². The lowest BCUT2D eigenvalue weighted by atomic mass is 10.0. The van der Waals surface area contributed by atoms with Gasteiger partial charge in [-0.15, -0.1) is 0 Å². The maximum absolute atomic E-state index is 12.3. The van der Waals surface area contributed by atoms with Gasteiger partial charge >= 0.3 is 0 Å². The Labute approximate surface area is 101 Å². The molecule has 0 bridgehead atoms. The van der Waals surface area contributed by atoms with Crippen LogP contribution in [0.4, 0.5) is 0 Å². The van der Waals surface area contributed by atoms with Gasteiger partial charge in [0, 0.05) is 10.4 Å². The summed E-state index contributed by atoms with van der Waals surface area (Å²) in [6, 6.07) is 9.60. The van der Waals surface area contributed by atoms with Gasteiger partial charge in [0.1, 0.15) is 0 Å². The van der Waals surface area contributed by atoms with Crippen molar-refractivity contribution in [3.05, 3.63) is 35.9 Å². The fraction of sp³-hybridized carbons (Fsp3) is 0.429. The molecule has 0 unspecified atom stereocenters. The summed E-state index contributed by atoms with van der Waals surface area (Å²) >= 11 is 0. The van der Waals surface area contributed by atoms with Crippen molar-refractivity contribution < 1.29 is 4.79 Å². The van der Waals surface area contributed by atoms with Gasteiger partial charge in [-0.05, 0) is 25.4 Å². The van der Waals surface area contributed by atoms with E-state index in [0.717, 1.165) is 29.7 Å². The molecular formula is C14H20OS. The van der Waals surface area contributed by atoms with E-state index in [2.05, 4.69) is 19.4 Å². The third kappa shape index (κ3) is 3.60. The van der Waals surface area contributed by atoms with Crippen LogP contribution < -0.4 is 0 Å². The number of benzene rings is 1. The summed E-state index contributed by atoms with van der Waals surface area (Å²) in [5.41, 5.74) is 0.829. The van der Waals surface area contributed by atoms with E-state index in [4.69, 9.17) is 0 Å². The molecule has 0 aromatic heterocycles. The van der Waals surface area contributed by atoms with Gasteiger partial charge in [0.2, 0.25) is 0 Å². The molecule has 0 fully saturated rings. The summed E-state index contributed by atoms with van der Waals surface area (Å²) in [7, 11) is 0.0817. The van der Waals surface area contributed by atoms with Crippen LogP contribution in [-0.2, 0) is 0 Å². The zero-order valence-electron chi connectivity index (χ0n) is 10.3. The van der Waals surface area contributed by atoms with Crippen LogP contribution in [0.5, 0.6) is 0 Å². The largest absolute Gasteiger partial charge is 0.288 e. The van der Waals surface area contributed by atoms with E-state index in [1.165, 1.54) is 0 Å². The summed E-state index contributed by atoms with van der Waals surface area (Å²) in [5, 5.41) is 0. The summed E-state index contributed by atoms with van der Waals surface area (Å²) in [6.45, 7) is 2.16. The second-order valence-electron chi connectivity index (χ2n) is 4.04. The lowest BCUT2D eigenvalue weighted by Gasteiger charge is -2.09. The lowest BCUT2D eigenvalue weighted by Crippen LogP contribution is -2.14. The molecule has 0 heterocycles. The molecule has 2 heteroatoms. The number of unbranched alkanes of at least 4 members (excludes halogenated alkanes) is 1. The molecule has 0 saturated heterocycles. The van der Waals surface area contributed by atoms with Crippen LogP contribution in [0.25, 0.3) is 0 Å². The van der Waals surface area contributed by atoms with Crippen LogP contribution in [0, 0.1) is 0 Å². The second kappa shape index (κ2) is 6.64. The Kier molecular flexibility index (Phi) is 5.47. The fourth-order valence-corrected chi connectivity index (χ4v) is 2.63. The molecule has 0 N–H and O–H groups in total. The van der Waals surface area contributed by atoms with Gasteiger partial charge in [0.25, 0.3) is 0 Å². The van der Waals surface area contributed by atoms with Gasteiger partial charge in [-0.1, -0.05) is 43.7 Å². The minimum Gasteiger partial charge on any atom is -0.288 e. The Morgan fingerprint density at radius 3 is 2.31 bits per heavy atom. The fourth-order valence-electron chi connectivity index (χ4n) is 1.59. The van der Waals surface area contributed by atoms with Crippen LogP contribution in [0.1, 0.15) is 36.5 Å². The highest BCUT2D eigenvalue weighted by molar-refractivity contribution is 8.15. The standard InChI is InChI=1S/C14H20OS/c1-4-5-11-13(16(2)3)14(15)12-9-7-6-8-10-12/h6-10H,4-5,11H2,1-3H3. The van der Waals surface area contributed by atoms with E-state index in [9.17, 15) is 4.79 Å². The predicted octanol–water partition coefficient (Wildman–Crippen LogP) is 3.76. The highest BCUT2D eigenvalue weighted by Crippen LogP contribution is 2.14. The molecule has 0 aliphatic carbocycles. The first-order valence-electron chi connectivity index (χ1n) is 5.70. The third-order valence-electron chi connectivity index (χ3n) is 2.54. The van der Waals surface area contributed by atoms with Crippen LogP contribution >= 0.6 is 10.5 Å². The topological polar surface area (TPSA) is 17.1 Å². The minimum absolute atomic E-state index is 0.0817. The first kappa shape index (κ1) is 13.2. The molecular weight excluding hydrogens is 216 g/mol. The molecule has 1 rings (SSSR count). The molecule has 0 radical (unpaired) electrons. The van der Waals surface area contributed by atoms with Crippen molar-refractivity contribution >= 4 is 21.1 Å². The van der Waals surface area contributed by atoms with Gasteiger partial charge in [-0.3, -0.25) is 4.79 Å². The molecule has 0 amide bonds. The summed E-state index contributed by atoms with van der Waals surface area (Å²) in [4.78, 5) is 13.4. The molecule has 88 valence electrons. The predicted molar refractivity (Wildman–Crippen MR) is 74.7 cm³/mol. The average molecular weight is 236 g/mol. The van der Waals surface area contributed by atoms with Gasteiger partial charge < -0.3 is 0 Å². The van der Waals surface area contributed by atoms with Crippen LogP contribution in [0.2, 0.25) is 0 Å². The van der Waals surface area contributed by atoms with Crippen molar-refractivity contribution in [2.45, 2.75) is 26.2 Å². The van der Waals surface area contributed by atoms with Crippen molar-refractivity contribution in [3.63, 3.8) is 0 Å². The van der Waals surface area contributed by atoms with Crippen molar-refractivity contribution in [1.82, 2.24) is 0 Å². The smallest absolute Gasteiger partial charge is 0.194 e. The zero-order chi connectivity index (χ0) is 12.0. The van der Waals surface area contributed by atoms with Gasteiger partial charge in [0.05, 0.1) is 0 Å². The van der Waals surface area contributed by atoms with Crippen molar-refractivity contribution in [2.24, 2.45) is 0 Å². The quantitative estimate of drug-likeness (QED) is 0.562. The van der Waals surface area contributed by atoms with E-state index in [1.807, 2.05) is 30.3 Å². The molecule has 0 saturated carbocycles. The highest BCUT2D eigenvalue weighted by atomic mass is 32.2. The van der Waals surface area contributed by atoms with E-state index in [0.29, 0.717) is 0 Å². The first-order chi connectivity index (χ1) is 7.66. The van der Waals surface area contributed by atoms with Gasteiger partial charge in [-0.25, -0.2) is 0 Å². The summed E-state index contributed by atoms with van der Waals surface area (Å²) in [5.74, 6) is 0.238. The van der Waals surface area contributed by atoms with Crippen LogP contribution in [0.15, 0.2) is 30.3 Å². The first-order valence-corrected chi connectivity index (χ1v) is 7.74. The Hall–Kier alpha value is -0.890. The monoisotopic (exact) mass is 236 g/mol. The number of hydrogen-bond donors (Lipinski definition) is 0. The molecule has 16 heavy (non-hydrogen) atoms. The van der Waals surface area contributed by atoms with Crippen molar-refractivity contribution in [3.8, 4) is 0 Å². The molecule has 0 aliphatic heterocycles. The molecule has 0 atom stereocenters. The molecule has 1 nitrogen and oxygen atoms in total. The second-order valence-corrected chi connectivity index (χ2v) is 6.16. The van der Waals surface area contributed by atoms with E-state index < -0.39 is 0 Å². The molecule has 1 aromatic carbocycles. The molecule has 0 spiro atoms. The Morgan fingerprint density at radius 2 is 1.81 bits per heavy atom. The SMILES string of the molecule is CCCCC(C(=O)c1ccccc1)=S(C)C. The third-order valence-corrected chi connectivity index (χ3v) is 3.91. The van der Waals surface area contributed by atoms with E-state index in [1.54, 1.807) is 0 Å². The van der Waals surface area contributed by atoms with Gasteiger partial charge in [-0.2, -0.15) is 10.5 Å². The molecule has 0 aliphatic rings. The zero-order valence-corrected chi connectivity index (χ0v) is 11.1. The maximum Gasteiger partial charge on any atom is 0.194 e. The van der Waals surface area contributed by atoms with Gasteiger partial charge in [0.15, 0.2) is 5.78 Å². The number of rotatable bonds is 5. The Bertz CT molecular complexity index is 375. The molecule has 1 aromatic rings. The number of carbonyl (C=O) groups is 1. The van der Waals surface area contributed by atoms with Crippen molar-refractivity contribution in [1.29, 1.82) is 0 Å². The van der Waals surface area contributed by atoms with Crippen LogP contribution in [0.3, 0.4) is 0 Å². The highest BCUT2D eigenvalue weighted by Gasteiger charge is 2.12. The van der Waals surface area contributed by atoms with Crippen molar-refractivity contribution in [2.75, 3.05) is 12.5 Å². The minimum atomic E-state index is 0.0817. The normalized spacial score (nSPS) is 10.5. The Morgan fingerprint density at radius 1 is 1.19 bits per heavy atom. The van der Waals surface area contributed by atoms with E-state index in [-0.39, 0.29) is 16.3 Å². The number of carbonyl (C=O) groups excluding carboxylic acids is 1. The number of ketones is 1. The maximum atomic E-state index is 12.3. The summed E-state index contributed by atoms with van der Waals surface area (Å²) < 4.78 is 0. The summed E-state index contributed by atoms with van der Waals surface area (Å²) in [6.07, 6.45) is 7.46.